The SMILES string of the molecule is COc1ccc(NC(=O)CSc2nnc(-c3cccc(C)c3)n2Cc2ccco2)cc1Cl. The number of nitrogens with zero attached hydrogens (tertiary/aromatic N) is 3. The highest BCUT2D eigenvalue weighted by atomic mass is 35.5. The van der Waals surface area contributed by atoms with Crippen LogP contribution in [-0.2, 0) is 11.3 Å². The average Bonchev–Trinajstić information content (AvgIpc) is 3.43. The lowest BCUT2D eigenvalue weighted by Crippen LogP contribution is -2.15. The number of hydrogen-bond acceptors (Lipinski definition) is 6. The number of carbonyl (C=O) groups excluding carboxylic acids is 1. The van der Waals surface area contributed by atoms with Gasteiger partial charge in [0.05, 0.1) is 30.7 Å². The maximum atomic E-state index is 12.5. The smallest absolute Gasteiger partial charge is 0.234 e. The summed E-state index contributed by atoms with van der Waals surface area (Å²) in [6.45, 7) is 2.49. The predicted molar refractivity (Wildman–Crippen MR) is 125 cm³/mol. The van der Waals surface area contributed by atoms with Gasteiger partial charge in [0, 0.05) is 11.3 Å². The van der Waals surface area contributed by atoms with Gasteiger partial charge < -0.3 is 14.5 Å². The van der Waals surface area contributed by atoms with Crippen molar-refractivity contribution in [3.63, 3.8) is 0 Å². The third kappa shape index (κ3) is 5.15. The molecule has 9 heteroatoms. The van der Waals surface area contributed by atoms with Crippen LogP contribution in [0.5, 0.6) is 5.75 Å². The van der Waals surface area contributed by atoms with E-state index in [1.165, 1.54) is 11.8 Å². The van der Waals surface area contributed by atoms with Crippen LogP contribution in [0.4, 0.5) is 5.69 Å². The van der Waals surface area contributed by atoms with E-state index in [0.29, 0.717) is 28.2 Å². The molecule has 1 amide bonds. The van der Waals surface area contributed by atoms with Gasteiger partial charge in [0.15, 0.2) is 11.0 Å². The van der Waals surface area contributed by atoms with E-state index in [1.807, 2.05) is 41.8 Å². The normalized spacial score (nSPS) is 10.8. The van der Waals surface area contributed by atoms with Gasteiger partial charge >= 0.3 is 0 Å². The van der Waals surface area contributed by atoms with Gasteiger partial charge in [0.25, 0.3) is 0 Å². The highest BCUT2D eigenvalue weighted by molar-refractivity contribution is 7.99. The summed E-state index contributed by atoms with van der Waals surface area (Å²) in [5, 5.41) is 12.6. The Bertz CT molecular complexity index is 1220. The molecule has 0 aliphatic carbocycles. The van der Waals surface area contributed by atoms with E-state index in [4.69, 9.17) is 20.8 Å². The Morgan fingerprint density at radius 1 is 1.19 bits per heavy atom. The fourth-order valence-electron chi connectivity index (χ4n) is 3.17. The zero-order valence-corrected chi connectivity index (χ0v) is 19.1. The van der Waals surface area contributed by atoms with E-state index in [1.54, 1.807) is 31.6 Å². The van der Waals surface area contributed by atoms with Gasteiger partial charge in [0.1, 0.15) is 11.5 Å². The molecule has 0 saturated heterocycles. The number of ether oxygens (including phenoxy) is 1. The van der Waals surface area contributed by atoms with Crippen LogP contribution in [0.25, 0.3) is 11.4 Å². The lowest BCUT2D eigenvalue weighted by molar-refractivity contribution is -0.113. The van der Waals surface area contributed by atoms with E-state index in [2.05, 4.69) is 21.6 Å². The Morgan fingerprint density at radius 2 is 2.06 bits per heavy atom. The van der Waals surface area contributed by atoms with Crippen LogP contribution in [0, 0.1) is 6.92 Å². The molecule has 1 N–H and O–H groups in total. The second-order valence-corrected chi connectivity index (χ2v) is 8.38. The van der Waals surface area contributed by atoms with Gasteiger partial charge in [-0.1, -0.05) is 47.1 Å². The van der Waals surface area contributed by atoms with Crippen molar-refractivity contribution in [2.75, 3.05) is 18.2 Å². The quantitative estimate of drug-likeness (QED) is 0.354. The molecule has 0 spiro atoms. The maximum Gasteiger partial charge on any atom is 0.234 e. The summed E-state index contributed by atoms with van der Waals surface area (Å²) in [6.07, 6.45) is 1.63. The minimum atomic E-state index is -0.180. The largest absolute Gasteiger partial charge is 0.495 e. The van der Waals surface area contributed by atoms with Crippen LogP contribution < -0.4 is 10.1 Å². The lowest BCUT2D eigenvalue weighted by atomic mass is 10.1. The standard InChI is InChI=1S/C23H21ClN4O3S/c1-15-5-3-6-16(11-15)22-26-27-23(28(22)13-18-7-4-10-31-18)32-14-21(29)25-17-8-9-20(30-2)19(24)12-17/h3-12H,13-14H2,1-2H3,(H,25,29). The number of benzene rings is 2. The summed E-state index contributed by atoms with van der Waals surface area (Å²) >= 11 is 7.44. The van der Waals surface area contributed by atoms with Crippen LogP contribution in [0.1, 0.15) is 11.3 Å². The number of furan rings is 1. The van der Waals surface area contributed by atoms with E-state index in [9.17, 15) is 4.79 Å². The van der Waals surface area contributed by atoms with Gasteiger partial charge in [-0.05, 0) is 43.3 Å². The summed E-state index contributed by atoms with van der Waals surface area (Å²) in [5.41, 5.74) is 2.67. The van der Waals surface area contributed by atoms with Crippen LogP contribution in [0.3, 0.4) is 0 Å². The monoisotopic (exact) mass is 468 g/mol. The molecule has 164 valence electrons. The van der Waals surface area contributed by atoms with E-state index in [0.717, 1.165) is 22.7 Å². The summed E-state index contributed by atoms with van der Waals surface area (Å²) in [4.78, 5) is 12.5. The number of amides is 1. The van der Waals surface area contributed by atoms with Gasteiger partial charge in [0.2, 0.25) is 5.91 Å². The Labute approximate surface area is 194 Å². The van der Waals surface area contributed by atoms with Gasteiger partial charge in [-0.2, -0.15) is 0 Å². The first kappa shape index (κ1) is 22.0. The molecular formula is C23H21ClN4O3S. The van der Waals surface area contributed by atoms with Gasteiger partial charge in [-0.3, -0.25) is 9.36 Å². The van der Waals surface area contributed by atoms with Crippen LogP contribution in [-0.4, -0.2) is 33.5 Å². The number of anilines is 1. The maximum absolute atomic E-state index is 12.5. The summed E-state index contributed by atoms with van der Waals surface area (Å²) in [5.74, 6) is 2.02. The Hall–Kier alpha value is -3.23. The Kier molecular flexibility index (Phi) is 6.82. The zero-order chi connectivity index (χ0) is 22.5. The van der Waals surface area contributed by atoms with Crippen molar-refractivity contribution in [1.29, 1.82) is 0 Å². The van der Waals surface area contributed by atoms with E-state index >= 15 is 0 Å². The molecule has 2 heterocycles. The second kappa shape index (κ2) is 9.93. The Morgan fingerprint density at radius 3 is 2.78 bits per heavy atom. The first-order valence-corrected chi connectivity index (χ1v) is 11.2. The van der Waals surface area contributed by atoms with Gasteiger partial charge in [-0.25, -0.2) is 0 Å². The second-order valence-electron chi connectivity index (χ2n) is 7.03. The molecule has 0 fully saturated rings. The highest BCUT2D eigenvalue weighted by Gasteiger charge is 2.17. The number of carbonyl (C=O) groups is 1. The molecule has 0 atom stereocenters. The molecule has 7 nitrogen and oxygen atoms in total. The molecule has 2 aromatic heterocycles. The number of nitrogens with one attached hydrogen (secondary N) is 1. The fourth-order valence-corrected chi connectivity index (χ4v) is 4.16. The molecular weight excluding hydrogens is 448 g/mol. The molecule has 0 aliphatic heterocycles. The van der Waals surface area contributed by atoms with Crippen molar-refractivity contribution in [2.24, 2.45) is 0 Å². The minimum Gasteiger partial charge on any atom is -0.495 e. The highest BCUT2D eigenvalue weighted by Crippen LogP contribution is 2.28. The number of rotatable bonds is 8. The molecule has 2 aromatic carbocycles. The van der Waals surface area contributed by atoms with Crippen LogP contribution in [0.15, 0.2) is 70.4 Å². The summed E-state index contributed by atoms with van der Waals surface area (Å²) < 4.78 is 12.6. The molecule has 32 heavy (non-hydrogen) atoms. The van der Waals surface area contributed by atoms with Crippen LogP contribution in [0.2, 0.25) is 5.02 Å². The van der Waals surface area contributed by atoms with Gasteiger partial charge in [-0.15, -0.1) is 10.2 Å². The van der Waals surface area contributed by atoms with E-state index in [-0.39, 0.29) is 11.7 Å². The molecule has 0 bridgehead atoms. The number of methoxy groups -OCH3 is 1. The first-order chi connectivity index (χ1) is 15.5. The van der Waals surface area contributed by atoms with Crippen molar-refractivity contribution < 1.29 is 13.9 Å². The number of halogens is 1. The number of aryl methyl sites for hydroxylation is 1. The van der Waals surface area contributed by atoms with E-state index < -0.39 is 0 Å². The number of thioether (sulfide) groups is 1. The molecule has 0 aliphatic rings. The third-order valence-corrected chi connectivity index (χ3v) is 5.92. The first-order valence-electron chi connectivity index (χ1n) is 9.82. The predicted octanol–water partition coefficient (Wildman–Crippen LogP) is 5.29. The third-order valence-electron chi connectivity index (χ3n) is 4.66. The average molecular weight is 469 g/mol. The molecule has 4 rings (SSSR count). The summed E-state index contributed by atoms with van der Waals surface area (Å²) in [6, 6.07) is 16.9. The summed E-state index contributed by atoms with van der Waals surface area (Å²) in [7, 11) is 1.54. The van der Waals surface area contributed by atoms with Crippen molar-refractivity contribution in [1.82, 2.24) is 14.8 Å². The number of hydrogen-bond donors (Lipinski definition) is 1. The molecule has 0 saturated carbocycles. The molecule has 4 aromatic rings. The zero-order valence-electron chi connectivity index (χ0n) is 17.5. The Balaban J connectivity index is 1.51. The minimum absolute atomic E-state index is 0.160. The van der Waals surface area contributed by atoms with Crippen molar-refractivity contribution >= 4 is 35.0 Å². The van der Waals surface area contributed by atoms with Crippen molar-refractivity contribution in [3.05, 3.63) is 77.2 Å². The topological polar surface area (TPSA) is 82.2 Å². The molecule has 0 unspecified atom stereocenters. The van der Waals surface area contributed by atoms with Crippen molar-refractivity contribution in [2.45, 2.75) is 18.6 Å². The van der Waals surface area contributed by atoms with Crippen molar-refractivity contribution in [3.8, 4) is 17.1 Å². The van der Waals surface area contributed by atoms with Crippen LogP contribution >= 0.6 is 23.4 Å². The molecule has 0 radical (unpaired) electrons. The fraction of sp³-hybridized carbons (Fsp3) is 0.174. The lowest BCUT2D eigenvalue weighted by Gasteiger charge is -2.10. The number of aromatic nitrogens is 3.